The molecule has 4 aromatic rings. The first kappa shape index (κ1) is 37.2. The number of hydrogen-bond acceptors (Lipinski definition) is 11. The fourth-order valence-corrected chi connectivity index (χ4v) is 9.20. The molecule has 3 aliphatic rings. The Morgan fingerprint density at radius 1 is 1.02 bits per heavy atom. The maximum atomic E-state index is 14.6. The third-order valence-corrected chi connectivity index (χ3v) is 12.8. The van der Waals surface area contributed by atoms with Crippen LogP contribution in [0.25, 0.3) is 5.65 Å². The van der Waals surface area contributed by atoms with Crippen molar-refractivity contribution in [2.75, 3.05) is 59.2 Å². The van der Waals surface area contributed by atoms with E-state index in [4.69, 9.17) is 18.9 Å². The first-order valence-corrected chi connectivity index (χ1v) is 19.6. The summed E-state index contributed by atoms with van der Waals surface area (Å²) in [7, 11) is -4.10. The predicted octanol–water partition coefficient (Wildman–Crippen LogP) is 4.14. The van der Waals surface area contributed by atoms with E-state index in [1.807, 2.05) is 55.6 Å². The minimum absolute atomic E-state index is 0.0207. The number of nitrogens with zero attached hydrogens (tertiary/aromatic N) is 6. The summed E-state index contributed by atoms with van der Waals surface area (Å²) >= 11 is 0. The van der Waals surface area contributed by atoms with Gasteiger partial charge in [0.1, 0.15) is 22.9 Å². The maximum absolute atomic E-state index is 14.6. The van der Waals surface area contributed by atoms with E-state index in [0.717, 1.165) is 46.7 Å². The van der Waals surface area contributed by atoms with E-state index in [0.29, 0.717) is 63.9 Å². The van der Waals surface area contributed by atoms with Crippen molar-refractivity contribution in [3.05, 3.63) is 76.2 Å². The molecule has 2 fully saturated rings. The number of fused-ring (bicyclic) bond motifs is 2. The van der Waals surface area contributed by atoms with E-state index < -0.39 is 32.9 Å². The average molecular weight is 749 g/mol. The Labute approximate surface area is 310 Å². The molecule has 14 nitrogen and oxygen atoms in total. The van der Waals surface area contributed by atoms with Gasteiger partial charge in [-0.1, -0.05) is 18.2 Å². The molecule has 1 atom stereocenters. The number of aromatic nitrogens is 4. The second-order valence-corrected chi connectivity index (χ2v) is 16.8. The van der Waals surface area contributed by atoms with Gasteiger partial charge in [0.15, 0.2) is 5.65 Å². The lowest BCUT2D eigenvalue weighted by Gasteiger charge is -2.38. The molecule has 6 heterocycles. The zero-order chi connectivity index (χ0) is 37.5. The van der Waals surface area contributed by atoms with Gasteiger partial charge >= 0.3 is 5.97 Å². The zero-order valence-electron chi connectivity index (χ0n) is 31.0. The standard InChI is InChI=1S/C38H48N6O8S/c1-25-6-7-28(33(37(4,5)36(45)46)30-10-13-44-27(3)40-41-34(44)26(30)2)22-29(25)23-43-24-38(11-17-49-18-12-38)52-35-31(53(43,47)48)8-9-32(39-35)51-21-16-42-14-19-50-20-15-42/h6-10,13,22,33H,11-12,14-21,23-24H2,1-5H3,(H,45,46). The highest BCUT2D eigenvalue weighted by Crippen LogP contribution is 2.44. The molecular weight excluding hydrogens is 701 g/mol. The van der Waals surface area contributed by atoms with E-state index in [9.17, 15) is 18.3 Å². The minimum atomic E-state index is -4.10. The number of carbonyl (C=O) groups is 1. The van der Waals surface area contributed by atoms with Crippen LogP contribution in [0.5, 0.6) is 11.8 Å². The third-order valence-electron chi connectivity index (χ3n) is 11.0. The maximum Gasteiger partial charge on any atom is 0.310 e. The fraction of sp³-hybridized carbons (Fsp3) is 0.526. The highest BCUT2D eigenvalue weighted by atomic mass is 32.2. The van der Waals surface area contributed by atoms with Gasteiger partial charge in [-0.3, -0.25) is 14.1 Å². The Hall–Kier alpha value is -4.15. The van der Waals surface area contributed by atoms with Crippen molar-refractivity contribution in [3.8, 4) is 11.8 Å². The molecule has 3 aliphatic heterocycles. The number of hydrogen-bond donors (Lipinski definition) is 1. The van der Waals surface area contributed by atoms with Crippen LogP contribution in [0.1, 0.15) is 66.2 Å². The number of rotatable bonds is 10. The summed E-state index contributed by atoms with van der Waals surface area (Å²) in [5.41, 5.74) is 2.61. The Kier molecular flexibility index (Phi) is 10.2. The second-order valence-electron chi connectivity index (χ2n) is 14.9. The average Bonchev–Trinajstić information content (AvgIpc) is 3.48. The number of aliphatic carboxylic acids is 1. The van der Waals surface area contributed by atoms with Gasteiger partial charge in [-0.15, -0.1) is 10.2 Å². The van der Waals surface area contributed by atoms with Crippen molar-refractivity contribution in [1.29, 1.82) is 0 Å². The molecule has 3 aromatic heterocycles. The molecular formula is C38H48N6O8S. The van der Waals surface area contributed by atoms with Crippen molar-refractivity contribution in [2.45, 2.75) is 70.4 Å². The molecule has 0 radical (unpaired) electrons. The first-order valence-electron chi connectivity index (χ1n) is 18.1. The highest BCUT2D eigenvalue weighted by Gasteiger charge is 2.46. The Balaban J connectivity index is 1.24. The molecule has 15 heteroatoms. The van der Waals surface area contributed by atoms with Gasteiger partial charge in [0, 0.05) is 57.2 Å². The fourth-order valence-electron chi connectivity index (χ4n) is 7.66. The molecule has 0 bridgehead atoms. The van der Waals surface area contributed by atoms with Crippen molar-refractivity contribution < 1.29 is 37.3 Å². The molecule has 1 spiro atoms. The van der Waals surface area contributed by atoms with Crippen LogP contribution >= 0.6 is 0 Å². The van der Waals surface area contributed by atoms with Crippen LogP contribution in [0, 0.1) is 26.2 Å². The van der Waals surface area contributed by atoms with E-state index in [1.54, 1.807) is 19.9 Å². The van der Waals surface area contributed by atoms with Crippen molar-refractivity contribution in [3.63, 3.8) is 0 Å². The number of carboxylic acid groups (broad SMARTS) is 1. The number of carboxylic acids is 1. The van der Waals surface area contributed by atoms with Crippen molar-refractivity contribution in [2.24, 2.45) is 5.41 Å². The smallest absolute Gasteiger partial charge is 0.310 e. The van der Waals surface area contributed by atoms with E-state index in [2.05, 4.69) is 20.1 Å². The number of sulfonamides is 1. The van der Waals surface area contributed by atoms with E-state index >= 15 is 0 Å². The summed E-state index contributed by atoms with van der Waals surface area (Å²) in [6.07, 6.45) is 2.84. The molecule has 1 unspecified atom stereocenters. The summed E-state index contributed by atoms with van der Waals surface area (Å²) in [5, 5.41) is 19.1. The predicted molar refractivity (Wildman–Crippen MR) is 195 cm³/mol. The van der Waals surface area contributed by atoms with Crippen LogP contribution in [-0.4, -0.2) is 113 Å². The lowest BCUT2D eigenvalue weighted by molar-refractivity contribution is -0.147. The van der Waals surface area contributed by atoms with Gasteiger partial charge < -0.3 is 24.1 Å². The summed E-state index contributed by atoms with van der Waals surface area (Å²) < 4.78 is 56.2. The van der Waals surface area contributed by atoms with Gasteiger partial charge in [-0.2, -0.15) is 9.29 Å². The summed E-state index contributed by atoms with van der Waals surface area (Å²) in [6, 6.07) is 10.9. The molecule has 1 aromatic carbocycles. The highest BCUT2D eigenvalue weighted by molar-refractivity contribution is 7.89. The third kappa shape index (κ3) is 7.24. The topological polar surface area (TPSA) is 158 Å². The number of benzene rings is 1. The molecule has 0 aliphatic carbocycles. The number of pyridine rings is 2. The zero-order valence-corrected chi connectivity index (χ0v) is 31.8. The van der Waals surface area contributed by atoms with Gasteiger partial charge in [0.2, 0.25) is 21.8 Å². The Bertz CT molecular complexity index is 2110. The second kappa shape index (κ2) is 14.6. The number of ether oxygens (including phenoxy) is 4. The lowest BCUT2D eigenvalue weighted by atomic mass is 9.70. The Morgan fingerprint density at radius 3 is 2.49 bits per heavy atom. The molecule has 0 amide bonds. The van der Waals surface area contributed by atoms with Crippen LogP contribution in [0.4, 0.5) is 0 Å². The monoisotopic (exact) mass is 748 g/mol. The molecule has 53 heavy (non-hydrogen) atoms. The summed E-state index contributed by atoms with van der Waals surface area (Å²) in [5.74, 6) is -0.479. The number of morpholine rings is 1. The quantitative estimate of drug-likeness (QED) is 0.248. The van der Waals surface area contributed by atoms with E-state index in [-0.39, 0.29) is 23.9 Å². The molecule has 7 rings (SSSR count). The minimum Gasteiger partial charge on any atom is -0.481 e. The number of aryl methyl sites for hydroxylation is 3. The molecule has 0 saturated carbocycles. The molecule has 1 N–H and O–H groups in total. The van der Waals surface area contributed by atoms with Crippen LogP contribution < -0.4 is 9.47 Å². The van der Waals surface area contributed by atoms with Crippen molar-refractivity contribution >= 4 is 21.6 Å². The summed E-state index contributed by atoms with van der Waals surface area (Å²) in [4.78, 5) is 19.7. The SMILES string of the molecule is Cc1ccc(C(c2ccn3c(C)nnc3c2C)C(C)(C)C(=O)O)cc1CN1CC2(CCOCC2)Oc2nc(OCCN3CCOCC3)ccc2S1(=O)=O. The van der Waals surface area contributed by atoms with Crippen LogP contribution in [0.15, 0.2) is 47.5 Å². The van der Waals surface area contributed by atoms with Gasteiger partial charge in [-0.05, 0) is 74.6 Å². The molecule has 284 valence electrons. The van der Waals surface area contributed by atoms with Crippen LogP contribution in [0.2, 0.25) is 0 Å². The first-order chi connectivity index (χ1) is 25.3. The van der Waals surface area contributed by atoms with Crippen LogP contribution in [-0.2, 0) is 30.8 Å². The molecule has 2 saturated heterocycles. The van der Waals surface area contributed by atoms with Crippen molar-refractivity contribution in [1.82, 2.24) is 28.8 Å². The Morgan fingerprint density at radius 2 is 1.75 bits per heavy atom. The van der Waals surface area contributed by atoms with Gasteiger partial charge in [0.25, 0.3) is 0 Å². The van der Waals surface area contributed by atoms with Gasteiger partial charge in [0.05, 0.1) is 38.4 Å². The van der Waals surface area contributed by atoms with E-state index in [1.165, 1.54) is 10.4 Å². The summed E-state index contributed by atoms with van der Waals surface area (Å²) in [6.45, 7) is 14.3. The lowest BCUT2D eigenvalue weighted by Crippen LogP contribution is -2.50. The van der Waals surface area contributed by atoms with Crippen LogP contribution in [0.3, 0.4) is 0 Å². The largest absolute Gasteiger partial charge is 0.481 e. The van der Waals surface area contributed by atoms with Gasteiger partial charge in [-0.25, -0.2) is 8.42 Å². The normalized spacial score (nSPS) is 19.7.